The van der Waals surface area contributed by atoms with E-state index in [1.807, 2.05) is 0 Å². The zero-order valence-corrected chi connectivity index (χ0v) is 6.98. The van der Waals surface area contributed by atoms with Gasteiger partial charge in [-0.25, -0.2) is 4.39 Å². The maximum Gasteiger partial charge on any atom is 0.407 e. The number of halogens is 4. The van der Waals surface area contributed by atoms with Gasteiger partial charge in [0.1, 0.15) is 11.9 Å². The van der Waals surface area contributed by atoms with Gasteiger partial charge in [-0.15, -0.1) is 0 Å². The Bertz CT molecular complexity index is 335. The molecule has 0 heterocycles. The van der Waals surface area contributed by atoms with Gasteiger partial charge in [0.05, 0.1) is 0 Å². The van der Waals surface area contributed by atoms with Crippen molar-refractivity contribution in [3.05, 3.63) is 29.6 Å². The van der Waals surface area contributed by atoms with E-state index in [2.05, 4.69) is 0 Å². The largest absolute Gasteiger partial charge is 0.407 e. The van der Waals surface area contributed by atoms with Crippen molar-refractivity contribution < 1.29 is 17.6 Å². The van der Waals surface area contributed by atoms with E-state index in [4.69, 9.17) is 11.5 Å². The Hall–Kier alpha value is -1.30. The smallest absolute Gasteiger partial charge is 0.399 e. The lowest BCUT2D eigenvalue weighted by atomic mass is 10.1. The minimum absolute atomic E-state index is 0.0427. The Labute approximate surface area is 77.5 Å². The Balaban J connectivity index is 3.12. The molecule has 0 aliphatic heterocycles. The van der Waals surface area contributed by atoms with Crippen LogP contribution < -0.4 is 11.5 Å². The van der Waals surface area contributed by atoms with Crippen LogP contribution in [0.5, 0.6) is 0 Å². The van der Waals surface area contributed by atoms with Crippen molar-refractivity contribution in [2.75, 3.05) is 5.73 Å². The van der Waals surface area contributed by atoms with Crippen LogP contribution in [0.2, 0.25) is 0 Å². The Morgan fingerprint density at radius 1 is 1.21 bits per heavy atom. The van der Waals surface area contributed by atoms with Crippen LogP contribution >= 0.6 is 0 Å². The molecule has 4 N–H and O–H groups in total. The molecular weight excluding hydrogens is 200 g/mol. The van der Waals surface area contributed by atoms with Crippen LogP contribution in [-0.4, -0.2) is 6.18 Å². The molecule has 78 valence electrons. The van der Waals surface area contributed by atoms with E-state index < -0.39 is 23.6 Å². The molecule has 0 bridgehead atoms. The summed E-state index contributed by atoms with van der Waals surface area (Å²) in [6, 6.07) is 0.567. The van der Waals surface area contributed by atoms with Gasteiger partial charge >= 0.3 is 6.18 Å². The van der Waals surface area contributed by atoms with Crippen LogP contribution in [0.15, 0.2) is 18.2 Å². The molecule has 0 amide bonds. The summed E-state index contributed by atoms with van der Waals surface area (Å²) in [5.41, 5.74) is 9.44. The zero-order chi connectivity index (χ0) is 10.9. The monoisotopic (exact) mass is 208 g/mol. The van der Waals surface area contributed by atoms with Gasteiger partial charge in [0.15, 0.2) is 0 Å². The van der Waals surface area contributed by atoms with Crippen molar-refractivity contribution in [3.8, 4) is 0 Å². The molecule has 1 aromatic rings. The summed E-state index contributed by atoms with van der Waals surface area (Å²) < 4.78 is 49.3. The van der Waals surface area contributed by atoms with Crippen LogP contribution in [0.25, 0.3) is 0 Å². The molecule has 0 fully saturated rings. The molecule has 14 heavy (non-hydrogen) atoms. The second-order valence-corrected chi connectivity index (χ2v) is 2.80. The molecule has 0 radical (unpaired) electrons. The molecule has 6 heteroatoms. The van der Waals surface area contributed by atoms with Gasteiger partial charge in [-0.1, -0.05) is 0 Å². The second kappa shape index (κ2) is 3.45. The molecule has 0 aliphatic carbocycles. The number of hydrogen-bond acceptors (Lipinski definition) is 2. The van der Waals surface area contributed by atoms with E-state index in [-0.39, 0.29) is 5.69 Å². The molecule has 0 aromatic heterocycles. The normalized spacial score (nSPS) is 14.1. The predicted octanol–water partition coefficient (Wildman–Crippen LogP) is 1.97. The minimum Gasteiger partial charge on any atom is -0.399 e. The predicted molar refractivity (Wildman–Crippen MR) is 43.8 cm³/mol. The fraction of sp³-hybridized carbons (Fsp3) is 0.250. The highest BCUT2D eigenvalue weighted by Gasteiger charge is 2.39. The van der Waals surface area contributed by atoms with Gasteiger partial charge in [0, 0.05) is 11.3 Å². The van der Waals surface area contributed by atoms with Gasteiger partial charge in [-0.3, -0.25) is 0 Å². The van der Waals surface area contributed by atoms with Crippen LogP contribution in [0.3, 0.4) is 0 Å². The third kappa shape index (κ3) is 2.14. The van der Waals surface area contributed by atoms with Gasteiger partial charge in [-0.2, -0.15) is 13.2 Å². The van der Waals surface area contributed by atoms with E-state index in [1.54, 1.807) is 0 Å². The first kappa shape index (κ1) is 10.8. The van der Waals surface area contributed by atoms with Crippen molar-refractivity contribution >= 4 is 5.69 Å². The van der Waals surface area contributed by atoms with E-state index in [1.165, 1.54) is 6.07 Å². The molecular formula is C8H8F4N2. The summed E-state index contributed by atoms with van der Waals surface area (Å²) in [5.74, 6) is -1.01. The summed E-state index contributed by atoms with van der Waals surface area (Å²) in [6.45, 7) is 0. The van der Waals surface area contributed by atoms with E-state index in [0.29, 0.717) is 0 Å². The summed E-state index contributed by atoms with van der Waals surface area (Å²) in [5, 5.41) is 0. The molecule has 0 saturated heterocycles. The first-order valence-corrected chi connectivity index (χ1v) is 3.69. The Morgan fingerprint density at radius 3 is 2.29 bits per heavy atom. The van der Waals surface area contributed by atoms with Crippen molar-refractivity contribution in [3.63, 3.8) is 0 Å². The first-order chi connectivity index (χ1) is 6.32. The highest BCUT2D eigenvalue weighted by Crippen LogP contribution is 2.32. The lowest BCUT2D eigenvalue weighted by molar-refractivity contribution is -0.149. The third-order valence-corrected chi connectivity index (χ3v) is 1.71. The van der Waals surface area contributed by atoms with Gasteiger partial charge in [0.25, 0.3) is 0 Å². The van der Waals surface area contributed by atoms with Crippen molar-refractivity contribution in [2.24, 2.45) is 5.73 Å². The third-order valence-electron chi connectivity index (χ3n) is 1.71. The lowest BCUT2D eigenvalue weighted by Crippen LogP contribution is -2.29. The highest BCUT2D eigenvalue weighted by atomic mass is 19.4. The molecule has 0 saturated carbocycles. The summed E-state index contributed by atoms with van der Waals surface area (Å²) in [4.78, 5) is 0. The van der Waals surface area contributed by atoms with Gasteiger partial charge in [0.2, 0.25) is 0 Å². The van der Waals surface area contributed by atoms with Crippen LogP contribution in [0.1, 0.15) is 11.6 Å². The minimum atomic E-state index is -4.67. The molecule has 1 aromatic carbocycles. The quantitative estimate of drug-likeness (QED) is 0.547. The van der Waals surface area contributed by atoms with Crippen LogP contribution in [-0.2, 0) is 0 Å². The molecule has 2 nitrogen and oxygen atoms in total. The number of rotatable bonds is 1. The van der Waals surface area contributed by atoms with Crippen molar-refractivity contribution in [1.29, 1.82) is 0 Å². The fourth-order valence-corrected chi connectivity index (χ4v) is 0.977. The number of anilines is 1. The molecule has 0 spiro atoms. The van der Waals surface area contributed by atoms with Gasteiger partial charge < -0.3 is 11.5 Å². The average Bonchev–Trinajstić information content (AvgIpc) is 2.06. The standard InChI is InChI=1S/C8H8F4N2/c9-6-2-1-4(13)3-5(6)7(14)8(10,11)12/h1-3,7H,13-14H2/t7-/m1/s1. The highest BCUT2D eigenvalue weighted by molar-refractivity contribution is 5.42. The summed E-state index contributed by atoms with van der Waals surface area (Å²) in [7, 11) is 0. The average molecular weight is 208 g/mol. The molecule has 1 rings (SSSR count). The molecule has 0 aliphatic rings. The topological polar surface area (TPSA) is 52.0 Å². The summed E-state index contributed by atoms with van der Waals surface area (Å²) in [6.07, 6.45) is -4.67. The van der Waals surface area contributed by atoms with E-state index in [0.717, 1.165) is 12.1 Å². The number of nitrogens with two attached hydrogens (primary N) is 2. The number of alkyl halides is 3. The Morgan fingerprint density at radius 2 is 1.79 bits per heavy atom. The maximum atomic E-state index is 12.9. The molecule has 1 atom stereocenters. The van der Waals surface area contributed by atoms with E-state index in [9.17, 15) is 17.6 Å². The number of benzene rings is 1. The van der Waals surface area contributed by atoms with Crippen molar-refractivity contribution in [2.45, 2.75) is 12.2 Å². The van der Waals surface area contributed by atoms with Crippen molar-refractivity contribution in [1.82, 2.24) is 0 Å². The van der Waals surface area contributed by atoms with Crippen LogP contribution in [0.4, 0.5) is 23.2 Å². The van der Waals surface area contributed by atoms with Gasteiger partial charge in [-0.05, 0) is 18.2 Å². The zero-order valence-electron chi connectivity index (χ0n) is 6.98. The SMILES string of the molecule is Nc1ccc(F)c([C@@H](N)C(F)(F)F)c1. The second-order valence-electron chi connectivity index (χ2n) is 2.80. The number of hydrogen-bond donors (Lipinski definition) is 2. The lowest BCUT2D eigenvalue weighted by Gasteiger charge is -2.16. The Kier molecular flexibility index (Phi) is 2.66. The first-order valence-electron chi connectivity index (χ1n) is 3.69. The molecule has 0 unspecified atom stereocenters. The fourth-order valence-electron chi connectivity index (χ4n) is 0.977. The summed E-state index contributed by atoms with van der Waals surface area (Å²) >= 11 is 0. The number of nitrogen functional groups attached to an aromatic ring is 1. The van der Waals surface area contributed by atoms with Crippen LogP contribution in [0, 0.1) is 5.82 Å². The maximum absolute atomic E-state index is 12.9. The van der Waals surface area contributed by atoms with E-state index >= 15 is 0 Å².